The molecule has 6 nitrogen and oxygen atoms in total. The predicted molar refractivity (Wildman–Crippen MR) is 114 cm³/mol. The van der Waals surface area contributed by atoms with Gasteiger partial charge in [0.25, 0.3) is 0 Å². The lowest BCUT2D eigenvalue weighted by atomic mass is 10.1. The standard InChI is InChI=1S/C22H30FN3O3/c1-5-24-22(25-13-11-16-7-6-8-18(23)15-16)26-14-12-17-9-10-19(27-2)21(29-4)20(17)28-3/h6-10,15H,5,11-14H2,1-4H3,(H2,24,25,26). The van der Waals surface area contributed by atoms with E-state index in [1.54, 1.807) is 33.5 Å². The molecule has 2 rings (SSSR count). The Kier molecular flexibility index (Phi) is 9.08. The fourth-order valence-corrected chi connectivity index (χ4v) is 3.01. The van der Waals surface area contributed by atoms with Crippen molar-refractivity contribution in [1.29, 1.82) is 0 Å². The van der Waals surface area contributed by atoms with Crippen LogP contribution >= 0.6 is 0 Å². The molecule has 0 saturated heterocycles. The van der Waals surface area contributed by atoms with Gasteiger partial charge in [-0.1, -0.05) is 18.2 Å². The highest BCUT2D eigenvalue weighted by atomic mass is 19.1. The number of ether oxygens (including phenoxy) is 3. The Bertz CT molecular complexity index is 812. The molecule has 2 N–H and O–H groups in total. The summed E-state index contributed by atoms with van der Waals surface area (Å²) in [6.45, 7) is 4.00. The van der Waals surface area contributed by atoms with Gasteiger partial charge >= 0.3 is 0 Å². The smallest absolute Gasteiger partial charge is 0.203 e. The average molecular weight is 403 g/mol. The van der Waals surface area contributed by atoms with Crippen LogP contribution in [0.15, 0.2) is 41.4 Å². The van der Waals surface area contributed by atoms with Crippen molar-refractivity contribution in [1.82, 2.24) is 10.6 Å². The van der Waals surface area contributed by atoms with Crippen LogP contribution in [0.5, 0.6) is 17.2 Å². The molecule has 0 bridgehead atoms. The maximum absolute atomic E-state index is 13.3. The molecule has 0 heterocycles. The summed E-state index contributed by atoms with van der Waals surface area (Å²) in [6, 6.07) is 10.5. The molecule has 2 aromatic carbocycles. The molecule has 0 radical (unpaired) electrons. The minimum absolute atomic E-state index is 0.216. The van der Waals surface area contributed by atoms with E-state index < -0.39 is 0 Å². The number of rotatable bonds is 10. The Morgan fingerprint density at radius 3 is 2.41 bits per heavy atom. The van der Waals surface area contributed by atoms with Crippen molar-refractivity contribution in [3.05, 3.63) is 53.3 Å². The summed E-state index contributed by atoms with van der Waals surface area (Å²) >= 11 is 0. The number of guanidine groups is 1. The van der Waals surface area contributed by atoms with Gasteiger partial charge in [0.15, 0.2) is 17.5 Å². The highest BCUT2D eigenvalue weighted by molar-refractivity contribution is 5.79. The van der Waals surface area contributed by atoms with Crippen LogP contribution < -0.4 is 24.8 Å². The van der Waals surface area contributed by atoms with Crippen LogP contribution in [0.3, 0.4) is 0 Å². The molecule has 0 aliphatic carbocycles. The number of halogens is 1. The van der Waals surface area contributed by atoms with E-state index >= 15 is 0 Å². The number of hydrogen-bond donors (Lipinski definition) is 2. The molecule has 0 atom stereocenters. The normalized spacial score (nSPS) is 11.1. The van der Waals surface area contributed by atoms with Gasteiger partial charge in [-0.3, -0.25) is 4.99 Å². The van der Waals surface area contributed by atoms with E-state index in [1.807, 2.05) is 25.1 Å². The quantitative estimate of drug-likeness (QED) is 0.471. The SMILES string of the molecule is CCNC(=NCCc1ccc(OC)c(OC)c1OC)NCCc1cccc(F)c1. The third-order valence-electron chi connectivity index (χ3n) is 4.38. The van der Waals surface area contributed by atoms with Gasteiger partial charge in [0.1, 0.15) is 5.82 Å². The number of hydrogen-bond acceptors (Lipinski definition) is 4. The maximum Gasteiger partial charge on any atom is 0.203 e. The number of nitrogens with one attached hydrogen (secondary N) is 2. The van der Waals surface area contributed by atoms with Crippen molar-refractivity contribution in [2.24, 2.45) is 4.99 Å². The minimum Gasteiger partial charge on any atom is -0.493 e. The molecule has 0 amide bonds. The lowest BCUT2D eigenvalue weighted by Gasteiger charge is -2.15. The van der Waals surface area contributed by atoms with E-state index in [1.165, 1.54) is 6.07 Å². The Balaban J connectivity index is 1.98. The minimum atomic E-state index is -0.216. The number of aliphatic imine (C=N–C) groups is 1. The van der Waals surface area contributed by atoms with Crippen LogP contribution in [0, 0.1) is 5.82 Å². The van der Waals surface area contributed by atoms with Crippen LogP contribution in [0.25, 0.3) is 0 Å². The molecule has 29 heavy (non-hydrogen) atoms. The van der Waals surface area contributed by atoms with Gasteiger partial charge < -0.3 is 24.8 Å². The Labute approximate surface area is 172 Å². The summed E-state index contributed by atoms with van der Waals surface area (Å²) in [5, 5.41) is 6.51. The predicted octanol–water partition coefficient (Wildman–Crippen LogP) is 3.19. The topological polar surface area (TPSA) is 64.1 Å². The summed E-state index contributed by atoms with van der Waals surface area (Å²) in [7, 11) is 4.80. The molecule has 0 spiro atoms. The summed E-state index contributed by atoms with van der Waals surface area (Å²) < 4.78 is 29.6. The fraction of sp³-hybridized carbons (Fsp3) is 0.409. The zero-order valence-corrected chi connectivity index (χ0v) is 17.5. The lowest BCUT2D eigenvalue weighted by molar-refractivity contribution is 0.322. The van der Waals surface area contributed by atoms with Crippen LogP contribution in [0.4, 0.5) is 4.39 Å². The Morgan fingerprint density at radius 1 is 0.966 bits per heavy atom. The van der Waals surface area contributed by atoms with Gasteiger partial charge in [-0.2, -0.15) is 0 Å². The van der Waals surface area contributed by atoms with Crippen molar-refractivity contribution in [3.63, 3.8) is 0 Å². The fourth-order valence-electron chi connectivity index (χ4n) is 3.01. The maximum atomic E-state index is 13.3. The van der Waals surface area contributed by atoms with Crippen molar-refractivity contribution in [3.8, 4) is 17.2 Å². The molecule has 2 aromatic rings. The third-order valence-corrected chi connectivity index (χ3v) is 4.38. The molecular weight excluding hydrogens is 373 g/mol. The van der Waals surface area contributed by atoms with Crippen LogP contribution in [-0.2, 0) is 12.8 Å². The van der Waals surface area contributed by atoms with Crippen molar-refractivity contribution >= 4 is 5.96 Å². The molecule has 0 unspecified atom stereocenters. The zero-order chi connectivity index (χ0) is 21.1. The summed E-state index contributed by atoms with van der Waals surface area (Å²) in [5.41, 5.74) is 1.94. The van der Waals surface area contributed by atoms with Crippen molar-refractivity contribution < 1.29 is 18.6 Å². The first-order chi connectivity index (χ1) is 14.1. The number of methoxy groups -OCH3 is 3. The Hall–Kier alpha value is -2.96. The second-order valence-electron chi connectivity index (χ2n) is 6.31. The molecule has 0 saturated carbocycles. The lowest BCUT2D eigenvalue weighted by Crippen LogP contribution is -2.38. The zero-order valence-electron chi connectivity index (χ0n) is 17.5. The van der Waals surface area contributed by atoms with E-state index in [2.05, 4.69) is 15.6 Å². The summed E-state index contributed by atoms with van der Waals surface area (Å²) in [5.74, 6) is 2.38. The second-order valence-corrected chi connectivity index (χ2v) is 6.31. The first kappa shape index (κ1) is 22.3. The molecule has 158 valence electrons. The highest BCUT2D eigenvalue weighted by Gasteiger charge is 2.15. The molecule has 0 aliphatic heterocycles. The van der Waals surface area contributed by atoms with Crippen molar-refractivity contribution in [2.75, 3.05) is 41.0 Å². The van der Waals surface area contributed by atoms with E-state index in [0.717, 1.165) is 23.6 Å². The second kappa shape index (κ2) is 11.8. The molecule has 7 heteroatoms. The van der Waals surface area contributed by atoms with Gasteiger partial charge in [0, 0.05) is 25.2 Å². The van der Waals surface area contributed by atoms with Crippen LogP contribution in [0.1, 0.15) is 18.1 Å². The third kappa shape index (κ3) is 6.55. The molecule has 0 aliphatic rings. The van der Waals surface area contributed by atoms with Gasteiger partial charge in [-0.05, 0) is 43.5 Å². The average Bonchev–Trinajstić information content (AvgIpc) is 2.73. The summed E-state index contributed by atoms with van der Waals surface area (Å²) in [6.07, 6.45) is 1.40. The first-order valence-corrected chi connectivity index (χ1v) is 9.67. The monoisotopic (exact) mass is 403 g/mol. The summed E-state index contributed by atoms with van der Waals surface area (Å²) in [4.78, 5) is 4.62. The van der Waals surface area contributed by atoms with Gasteiger partial charge in [-0.25, -0.2) is 4.39 Å². The van der Waals surface area contributed by atoms with E-state index in [4.69, 9.17) is 14.2 Å². The van der Waals surface area contributed by atoms with Crippen molar-refractivity contribution in [2.45, 2.75) is 19.8 Å². The largest absolute Gasteiger partial charge is 0.493 e. The van der Waals surface area contributed by atoms with Crippen LogP contribution in [-0.4, -0.2) is 46.9 Å². The van der Waals surface area contributed by atoms with E-state index in [-0.39, 0.29) is 5.82 Å². The van der Waals surface area contributed by atoms with Gasteiger partial charge in [0.2, 0.25) is 5.75 Å². The van der Waals surface area contributed by atoms with Crippen LogP contribution in [0.2, 0.25) is 0 Å². The van der Waals surface area contributed by atoms with Gasteiger partial charge in [0.05, 0.1) is 21.3 Å². The molecule has 0 aromatic heterocycles. The molecule has 0 fully saturated rings. The first-order valence-electron chi connectivity index (χ1n) is 9.67. The molecular formula is C22H30FN3O3. The number of benzene rings is 2. The van der Waals surface area contributed by atoms with Gasteiger partial charge in [-0.15, -0.1) is 0 Å². The van der Waals surface area contributed by atoms with E-state index in [0.29, 0.717) is 43.2 Å². The highest BCUT2D eigenvalue weighted by Crippen LogP contribution is 2.39. The van der Waals surface area contributed by atoms with E-state index in [9.17, 15) is 4.39 Å². The number of nitrogens with zero attached hydrogens (tertiary/aromatic N) is 1. The Morgan fingerprint density at radius 2 is 1.76 bits per heavy atom.